The Labute approximate surface area is 119 Å². The van der Waals surface area contributed by atoms with E-state index in [2.05, 4.69) is 14.8 Å². The third-order valence-electron chi connectivity index (χ3n) is 2.59. The predicted molar refractivity (Wildman–Crippen MR) is 66.3 cm³/mol. The van der Waals surface area contributed by atoms with Crippen molar-refractivity contribution in [3.8, 4) is 0 Å². The highest BCUT2D eigenvalue weighted by Gasteiger charge is 2.27. The van der Waals surface area contributed by atoms with Gasteiger partial charge in [-0.25, -0.2) is 13.6 Å². The highest BCUT2D eigenvalue weighted by atomic mass is 19.2. The van der Waals surface area contributed by atoms with E-state index in [9.17, 15) is 23.2 Å². The second-order valence-corrected chi connectivity index (χ2v) is 3.93. The average molecular weight is 301 g/mol. The van der Waals surface area contributed by atoms with E-state index in [1.165, 1.54) is 0 Å². The largest absolute Gasteiger partial charge is 0.469 e. The van der Waals surface area contributed by atoms with Crippen LogP contribution < -0.4 is 5.32 Å². The fraction of sp³-hybridized carbons (Fsp3) is 0.308. The molecule has 1 aromatic carbocycles. The van der Waals surface area contributed by atoms with Gasteiger partial charge in [-0.3, -0.25) is 9.59 Å². The number of methoxy groups -OCH3 is 2. The molecule has 0 radical (unpaired) electrons. The summed E-state index contributed by atoms with van der Waals surface area (Å²) in [5, 5.41) is 2.10. The summed E-state index contributed by atoms with van der Waals surface area (Å²) in [4.78, 5) is 34.5. The van der Waals surface area contributed by atoms with E-state index < -0.39 is 47.5 Å². The molecule has 8 heteroatoms. The molecule has 0 aliphatic heterocycles. The highest BCUT2D eigenvalue weighted by molar-refractivity contribution is 5.97. The lowest BCUT2D eigenvalue weighted by Gasteiger charge is -2.15. The summed E-state index contributed by atoms with van der Waals surface area (Å²) < 4.78 is 35.3. The first-order chi connectivity index (χ1) is 9.90. The summed E-state index contributed by atoms with van der Waals surface area (Å²) in [6.45, 7) is 0. The van der Waals surface area contributed by atoms with E-state index in [1.54, 1.807) is 0 Å². The SMILES string of the molecule is COC(=O)C[C@H](NC(=O)c1cccc(F)c1F)C(=O)OC. The molecule has 6 nitrogen and oxygen atoms in total. The summed E-state index contributed by atoms with van der Waals surface area (Å²) in [6.07, 6.45) is -0.494. The molecule has 0 unspecified atom stereocenters. The molecule has 0 heterocycles. The summed E-state index contributed by atoms with van der Waals surface area (Å²) in [5.74, 6) is -5.29. The van der Waals surface area contributed by atoms with Crippen LogP contribution in [0.1, 0.15) is 16.8 Å². The van der Waals surface area contributed by atoms with Gasteiger partial charge in [-0.1, -0.05) is 6.07 Å². The number of benzene rings is 1. The normalized spacial score (nSPS) is 11.4. The Balaban J connectivity index is 2.92. The minimum Gasteiger partial charge on any atom is -0.469 e. The molecule has 1 amide bonds. The van der Waals surface area contributed by atoms with Gasteiger partial charge in [-0.05, 0) is 12.1 Å². The Hall–Kier alpha value is -2.51. The van der Waals surface area contributed by atoms with Crippen LogP contribution in [0, 0.1) is 11.6 Å². The third-order valence-corrected chi connectivity index (χ3v) is 2.59. The summed E-state index contributed by atoms with van der Waals surface area (Å²) in [6, 6.07) is 1.66. The molecule has 0 bridgehead atoms. The number of nitrogens with one attached hydrogen (secondary N) is 1. The molecule has 0 saturated heterocycles. The fourth-order valence-corrected chi connectivity index (χ4v) is 1.50. The van der Waals surface area contributed by atoms with Crippen molar-refractivity contribution in [1.82, 2.24) is 5.32 Å². The van der Waals surface area contributed by atoms with Crippen molar-refractivity contribution in [2.24, 2.45) is 0 Å². The Bertz CT molecular complexity index is 561. The van der Waals surface area contributed by atoms with Crippen molar-refractivity contribution in [2.75, 3.05) is 14.2 Å². The number of rotatable bonds is 5. The molecule has 0 spiro atoms. The molecule has 1 aromatic rings. The molecular formula is C13H13F2NO5. The number of hydrogen-bond donors (Lipinski definition) is 1. The second-order valence-electron chi connectivity index (χ2n) is 3.93. The number of carbonyl (C=O) groups is 3. The van der Waals surface area contributed by atoms with E-state index in [0.717, 1.165) is 32.4 Å². The van der Waals surface area contributed by atoms with Gasteiger partial charge in [0.2, 0.25) is 0 Å². The molecular weight excluding hydrogens is 288 g/mol. The van der Waals surface area contributed by atoms with Crippen LogP contribution in [0.25, 0.3) is 0 Å². The fourth-order valence-electron chi connectivity index (χ4n) is 1.50. The zero-order chi connectivity index (χ0) is 16.0. The van der Waals surface area contributed by atoms with E-state index in [4.69, 9.17) is 0 Å². The number of hydrogen-bond acceptors (Lipinski definition) is 5. The van der Waals surface area contributed by atoms with Crippen LogP contribution in [0.2, 0.25) is 0 Å². The number of ether oxygens (including phenoxy) is 2. The van der Waals surface area contributed by atoms with Gasteiger partial charge in [-0.2, -0.15) is 0 Å². The van der Waals surface area contributed by atoms with Gasteiger partial charge < -0.3 is 14.8 Å². The van der Waals surface area contributed by atoms with E-state index in [0.29, 0.717) is 0 Å². The second kappa shape index (κ2) is 7.32. The van der Waals surface area contributed by atoms with Gasteiger partial charge in [-0.15, -0.1) is 0 Å². The Morgan fingerprint density at radius 2 is 1.86 bits per heavy atom. The zero-order valence-electron chi connectivity index (χ0n) is 11.3. The van der Waals surface area contributed by atoms with E-state index in [-0.39, 0.29) is 0 Å². The Morgan fingerprint density at radius 3 is 2.43 bits per heavy atom. The number of amides is 1. The van der Waals surface area contributed by atoms with Crippen molar-refractivity contribution >= 4 is 17.8 Å². The topological polar surface area (TPSA) is 81.7 Å². The van der Waals surface area contributed by atoms with Gasteiger partial charge >= 0.3 is 11.9 Å². The maximum Gasteiger partial charge on any atom is 0.328 e. The maximum absolute atomic E-state index is 13.5. The van der Waals surface area contributed by atoms with Crippen LogP contribution in [0.3, 0.4) is 0 Å². The van der Waals surface area contributed by atoms with Crippen molar-refractivity contribution in [3.05, 3.63) is 35.4 Å². The van der Waals surface area contributed by atoms with Gasteiger partial charge in [0.05, 0.1) is 26.2 Å². The summed E-state index contributed by atoms with van der Waals surface area (Å²) in [5.41, 5.74) is -0.589. The smallest absolute Gasteiger partial charge is 0.328 e. The molecule has 0 aliphatic carbocycles. The first-order valence-electron chi connectivity index (χ1n) is 5.80. The molecule has 0 aromatic heterocycles. The minimum atomic E-state index is -1.36. The lowest BCUT2D eigenvalue weighted by molar-refractivity contribution is -0.149. The van der Waals surface area contributed by atoms with Crippen LogP contribution in [-0.2, 0) is 19.1 Å². The van der Waals surface area contributed by atoms with Gasteiger partial charge in [0.25, 0.3) is 5.91 Å². The van der Waals surface area contributed by atoms with Crippen LogP contribution in [0.5, 0.6) is 0 Å². The maximum atomic E-state index is 13.5. The van der Waals surface area contributed by atoms with Gasteiger partial charge in [0, 0.05) is 0 Å². The summed E-state index contributed by atoms with van der Waals surface area (Å²) in [7, 11) is 2.16. The van der Waals surface area contributed by atoms with Crippen molar-refractivity contribution in [2.45, 2.75) is 12.5 Å². The quantitative estimate of drug-likeness (QED) is 0.814. The molecule has 21 heavy (non-hydrogen) atoms. The lowest BCUT2D eigenvalue weighted by Crippen LogP contribution is -2.43. The first kappa shape index (κ1) is 16.5. The molecule has 1 rings (SSSR count). The first-order valence-corrected chi connectivity index (χ1v) is 5.80. The molecule has 0 fully saturated rings. The van der Waals surface area contributed by atoms with Gasteiger partial charge in [0.15, 0.2) is 11.6 Å². The molecule has 1 N–H and O–H groups in total. The monoisotopic (exact) mass is 301 g/mol. The van der Waals surface area contributed by atoms with Crippen molar-refractivity contribution in [3.63, 3.8) is 0 Å². The molecule has 0 saturated carbocycles. The number of esters is 2. The zero-order valence-corrected chi connectivity index (χ0v) is 11.3. The minimum absolute atomic E-state index is 0.494. The third kappa shape index (κ3) is 4.23. The van der Waals surface area contributed by atoms with Crippen molar-refractivity contribution in [1.29, 1.82) is 0 Å². The molecule has 1 atom stereocenters. The number of halogens is 2. The standard InChI is InChI=1S/C13H13F2NO5/c1-20-10(17)6-9(13(19)21-2)16-12(18)7-4-3-5-8(14)11(7)15/h3-5,9H,6H2,1-2H3,(H,16,18)/t9-/m0/s1. The summed E-state index contributed by atoms with van der Waals surface area (Å²) >= 11 is 0. The van der Waals surface area contributed by atoms with Crippen LogP contribution in [0.15, 0.2) is 18.2 Å². The molecule has 0 aliphatic rings. The van der Waals surface area contributed by atoms with Crippen LogP contribution in [0.4, 0.5) is 8.78 Å². The Kier molecular flexibility index (Phi) is 5.77. The van der Waals surface area contributed by atoms with Crippen LogP contribution >= 0.6 is 0 Å². The Morgan fingerprint density at radius 1 is 1.19 bits per heavy atom. The van der Waals surface area contributed by atoms with Crippen molar-refractivity contribution < 1.29 is 32.6 Å². The number of carbonyl (C=O) groups excluding carboxylic acids is 3. The van der Waals surface area contributed by atoms with Crippen LogP contribution in [-0.4, -0.2) is 38.1 Å². The van der Waals surface area contributed by atoms with E-state index >= 15 is 0 Å². The highest BCUT2D eigenvalue weighted by Crippen LogP contribution is 2.12. The van der Waals surface area contributed by atoms with E-state index in [1.807, 2.05) is 0 Å². The molecule has 114 valence electrons. The predicted octanol–water partition coefficient (Wildman–Crippen LogP) is 0.799. The van der Waals surface area contributed by atoms with Gasteiger partial charge in [0.1, 0.15) is 6.04 Å². The average Bonchev–Trinajstić information content (AvgIpc) is 2.48. The lowest BCUT2D eigenvalue weighted by atomic mass is 10.1.